The van der Waals surface area contributed by atoms with E-state index in [0.29, 0.717) is 44.7 Å². The third kappa shape index (κ3) is 14.7. The molecule has 0 amide bonds. The van der Waals surface area contributed by atoms with Gasteiger partial charge in [-0.3, -0.25) is 4.79 Å². The van der Waals surface area contributed by atoms with Gasteiger partial charge in [0.1, 0.15) is 19.0 Å². The van der Waals surface area contributed by atoms with Crippen LogP contribution in [-0.4, -0.2) is 81.0 Å². The normalized spacial score (nSPS) is 12.1. The van der Waals surface area contributed by atoms with Crippen molar-refractivity contribution in [2.45, 2.75) is 65.2 Å². The fourth-order valence-corrected chi connectivity index (χ4v) is 3.45. The van der Waals surface area contributed by atoms with Crippen LogP contribution >= 0.6 is 0 Å². The van der Waals surface area contributed by atoms with Crippen molar-refractivity contribution in [2.75, 3.05) is 52.9 Å². The number of ether oxygens (including phenoxy) is 5. The summed E-state index contributed by atoms with van der Waals surface area (Å²) in [6.45, 7) is 14.2. The van der Waals surface area contributed by atoms with Crippen molar-refractivity contribution < 1.29 is 48.3 Å². The van der Waals surface area contributed by atoms with Crippen molar-refractivity contribution in [1.29, 1.82) is 0 Å². The molecular weight excluding hydrogens is 508 g/mol. The standard InChI is InChI=1S/C29H44O10/c1-28(2,3)22-19-21(20-23(27(22)34)29(4,5)6)7-9-25(32)38-17-15-36-13-11-35-12-14-37-16-18-39-26(33)10-8-24(30)31/h8,10,19-20,34H,7,9,11-18H2,1-6H3,(H,30,31). The second-order valence-electron chi connectivity index (χ2n) is 10.9. The number of carbonyl (C=O) groups excluding carboxylic acids is 2. The number of carbonyl (C=O) groups is 3. The Bertz CT molecular complexity index is 919. The Balaban J connectivity index is 2.17. The molecule has 10 heteroatoms. The summed E-state index contributed by atoms with van der Waals surface area (Å²) < 4.78 is 26.0. The Hall–Kier alpha value is -2.95. The van der Waals surface area contributed by atoms with Crippen molar-refractivity contribution in [3.63, 3.8) is 0 Å². The predicted octanol–water partition coefficient (Wildman–Crippen LogP) is 3.70. The minimum atomic E-state index is -1.23. The monoisotopic (exact) mass is 552 g/mol. The Morgan fingerprint density at radius 3 is 1.59 bits per heavy atom. The van der Waals surface area contributed by atoms with Crippen LogP contribution < -0.4 is 0 Å². The summed E-state index contributed by atoms with van der Waals surface area (Å²) in [6, 6.07) is 3.95. The molecule has 0 bridgehead atoms. The number of aryl methyl sites for hydroxylation is 1. The smallest absolute Gasteiger partial charge is 0.331 e. The average molecular weight is 553 g/mol. The molecule has 0 aromatic heterocycles. The third-order valence-electron chi connectivity index (χ3n) is 5.47. The molecule has 39 heavy (non-hydrogen) atoms. The number of aliphatic carboxylic acids is 1. The Morgan fingerprint density at radius 2 is 1.15 bits per heavy atom. The van der Waals surface area contributed by atoms with Crippen LogP contribution in [-0.2, 0) is 55.3 Å². The molecule has 1 aromatic rings. The molecule has 0 radical (unpaired) electrons. The first kappa shape index (κ1) is 34.1. The lowest BCUT2D eigenvalue weighted by Crippen LogP contribution is -2.18. The van der Waals surface area contributed by atoms with Crippen molar-refractivity contribution in [1.82, 2.24) is 0 Å². The number of phenolic OH excluding ortho intramolecular Hbond substituents is 1. The van der Waals surface area contributed by atoms with Crippen LogP contribution in [0, 0.1) is 0 Å². The SMILES string of the molecule is CC(C)(C)c1cc(CCC(=O)OCCOCCOCCOCCOC(=O)C=CC(=O)O)cc(C(C)(C)C)c1O. The Labute approximate surface area is 231 Å². The predicted molar refractivity (Wildman–Crippen MR) is 145 cm³/mol. The lowest BCUT2D eigenvalue weighted by molar-refractivity contribution is -0.145. The fourth-order valence-electron chi connectivity index (χ4n) is 3.45. The highest BCUT2D eigenvalue weighted by atomic mass is 16.6. The van der Waals surface area contributed by atoms with Crippen LogP contribution in [0.5, 0.6) is 5.75 Å². The largest absolute Gasteiger partial charge is 0.507 e. The number of phenols is 1. The number of benzene rings is 1. The van der Waals surface area contributed by atoms with Gasteiger partial charge in [-0.1, -0.05) is 53.7 Å². The van der Waals surface area contributed by atoms with Crippen molar-refractivity contribution in [2.24, 2.45) is 0 Å². The van der Waals surface area contributed by atoms with Gasteiger partial charge in [0.25, 0.3) is 0 Å². The molecule has 0 aliphatic carbocycles. The van der Waals surface area contributed by atoms with Gasteiger partial charge in [0.05, 0.1) is 39.6 Å². The second-order valence-corrected chi connectivity index (χ2v) is 10.9. The summed E-state index contributed by atoms with van der Waals surface area (Å²) in [6.07, 6.45) is 2.29. The zero-order valence-corrected chi connectivity index (χ0v) is 24.0. The van der Waals surface area contributed by atoms with Crippen molar-refractivity contribution >= 4 is 17.9 Å². The zero-order valence-electron chi connectivity index (χ0n) is 24.0. The number of carboxylic acids is 1. The lowest BCUT2D eigenvalue weighted by Gasteiger charge is -2.28. The maximum atomic E-state index is 12.2. The van der Waals surface area contributed by atoms with Crippen LogP contribution in [0.2, 0.25) is 0 Å². The number of hydrogen-bond acceptors (Lipinski definition) is 9. The maximum absolute atomic E-state index is 12.2. The number of aromatic hydroxyl groups is 1. The van der Waals surface area contributed by atoms with Gasteiger partial charge in [-0.2, -0.15) is 0 Å². The highest BCUT2D eigenvalue weighted by Gasteiger charge is 2.26. The van der Waals surface area contributed by atoms with Gasteiger partial charge in [-0.25, -0.2) is 9.59 Å². The molecule has 0 unspecified atom stereocenters. The van der Waals surface area contributed by atoms with E-state index >= 15 is 0 Å². The van der Waals surface area contributed by atoms with Crippen LogP contribution in [0.15, 0.2) is 24.3 Å². The quantitative estimate of drug-likeness (QED) is 0.167. The van der Waals surface area contributed by atoms with Crippen molar-refractivity contribution in [3.8, 4) is 5.75 Å². The molecule has 1 aromatic carbocycles. The minimum Gasteiger partial charge on any atom is -0.507 e. The van der Waals surface area contributed by atoms with E-state index < -0.39 is 11.9 Å². The molecule has 0 fully saturated rings. The van der Waals surface area contributed by atoms with Crippen LogP contribution in [0.25, 0.3) is 0 Å². The number of hydrogen-bond donors (Lipinski definition) is 2. The van der Waals surface area contributed by atoms with E-state index in [1.165, 1.54) is 0 Å². The summed E-state index contributed by atoms with van der Waals surface area (Å²) in [5.74, 6) is -1.96. The molecule has 1 rings (SSSR count). The highest BCUT2D eigenvalue weighted by Crippen LogP contribution is 2.40. The molecular formula is C29H44O10. The van der Waals surface area contributed by atoms with Gasteiger partial charge in [-0.15, -0.1) is 0 Å². The van der Waals surface area contributed by atoms with Crippen molar-refractivity contribution in [3.05, 3.63) is 41.0 Å². The molecule has 2 N–H and O–H groups in total. The van der Waals surface area contributed by atoms with E-state index in [-0.39, 0.29) is 49.6 Å². The van der Waals surface area contributed by atoms with E-state index in [1.54, 1.807) is 0 Å². The molecule has 0 spiro atoms. The Kier molecular flexibility index (Phi) is 14.8. The first-order valence-corrected chi connectivity index (χ1v) is 13.0. The molecule has 0 atom stereocenters. The van der Waals surface area contributed by atoms with E-state index in [1.807, 2.05) is 12.1 Å². The first-order valence-electron chi connectivity index (χ1n) is 13.0. The first-order chi connectivity index (χ1) is 18.2. The van der Waals surface area contributed by atoms with Crippen LogP contribution in [0.3, 0.4) is 0 Å². The lowest BCUT2D eigenvalue weighted by atomic mass is 9.78. The van der Waals surface area contributed by atoms with Gasteiger partial charge in [-0.05, 0) is 33.9 Å². The third-order valence-corrected chi connectivity index (χ3v) is 5.47. The second kappa shape index (κ2) is 16.9. The summed E-state index contributed by atoms with van der Waals surface area (Å²) in [5, 5.41) is 19.2. The molecule has 0 saturated carbocycles. The van der Waals surface area contributed by atoms with Crippen LogP contribution in [0.1, 0.15) is 64.7 Å². The molecule has 0 aliphatic rings. The van der Waals surface area contributed by atoms with E-state index in [0.717, 1.165) is 22.8 Å². The molecule has 0 aliphatic heterocycles. The average Bonchev–Trinajstić information content (AvgIpc) is 2.83. The molecule has 0 saturated heterocycles. The number of esters is 2. The fraction of sp³-hybridized carbons (Fsp3) is 0.621. The summed E-state index contributed by atoms with van der Waals surface area (Å²) >= 11 is 0. The number of carboxylic acid groups (broad SMARTS) is 1. The Morgan fingerprint density at radius 1 is 0.718 bits per heavy atom. The summed E-state index contributed by atoms with van der Waals surface area (Å²) in [7, 11) is 0. The van der Waals surface area contributed by atoms with Gasteiger partial charge < -0.3 is 33.9 Å². The van der Waals surface area contributed by atoms with Gasteiger partial charge in [0.2, 0.25) is 0 Å². The van der Waals surface area contributed by atoms with Crippen LogP contribution in [0.4, 0.5) is 0 Å². The minimum absolute atomic E-state index is 0.00940. The van der Waals surface area contributed by atoms with E-state index in [2.05, 4.69) is 41.5 Å². The summed E-state index contributed by atoms with van der Waals surface area (Å²) in [4.78, 5) is 33.6. The molecule has 0 heterocycles. The number of rotatable bonds is 17. The summed E-state index contributed by atoms with van der Waals surface area (Å²) in [5.41, 5.74) is 2.28. The maximum Gasteiger partial charge on any atom is 0.331 e. The molecule has 10 nitrogen and oxygen atoms in total. The zero-order chi connectivity index (χ0) is 29.5. The highest BCUT2D eigenvalue weighted by molar-refractivity contribution is 5.90. The van der Waals surface area contributed by atoms with E-state index in [9.17, 15) is 19.5 Å². The topological polar surface area (TPSA) is 138 Å². The van der Waals surface area contributed by atoms with Gasteiger partial charge >= 0.3 is 17.9 Å². The van der Waals surface area contributed by atoms with Gasteiger partial charge in [0.15, 0.2) is 0 Å². The van der Waals surface area contributed by atoms with Gasteiger partial charge in [0, 0.05) is 18.6 Å². The molecule has 220 valence electrons. The van der Waals surface area contributed by atoms with E-state index in [4.69, 9.17) is 28.8 Å².